The highest BCUT2D eigenvalue weighted by Crippen LogP contribution is 2.35. The number of hydrogen-bond acceptors (Lipinski definition) is 8. The quantitative estimate of drug-likeness (QED) is 0.205. The highest BCUT2D eigenvalue weighted by atomic mass is 32.2. The molecule has 0 fully saturated rings. The number of nitrogens with one attached hydrogen (secondary N) is 1. The number of anilines is 1. The van der Waals surface area contributed by atoms with Gasteiger partial charge in [0, 0.05) is 17.7 Å². The second kappa shape index (κ2) is 11.2. The minimum Gasteiger partial charge on any atom is -0.493 e. The summed E-state index contributed by atoms with van der Waals surface area (Å²) in [6.07, 6.45) is 1.61. The van der Waals surface area contributed by atoms with Crippen LogP contribution in [0.1, 0.15) is 16.1 Å². The number of carbonyl (C=O) groups excluding carboxylic acids is 2. The van der Waals surface area contributed by atoms with Crippen LogP contribution < -0.4 is 24.7 Å². The summed E-state index contributed by atoms with van der Waals surface area (Å²) in [6.45, 7) is 0. The van der Waals surface area contributed by atoms with Crippen LogP contribution in [-0.4, -0.2) is 42.1 Å². The van der Waals surface area contributed by atoms with E-state index in [4.69, 9.17) is 14.0 Å². The molecular weight excluding hydrogens is 520 g/mol. The lowest BCUT2D eigenvalue weighted by Crippen LogP contribution is -2.41. The van der Waals surface area contributed by atoms with Crippen molar-refractivity contribution in [2.24, 2.45) is 4.99 Å². The number of nitrogens with zero attached hydrogens (tertiary/aromatic N) is 3. The first-order valence-electron chi connectivity index (χ1n) is 11.8. The molecule has 196 valence electrons. The Balaban J connectivity index is 1.48. The van der Waals surface area contributed by atoms with E-state index in [1.807, 2.05) is 12.1 Å². The highest BCUT2D eigenvalue weighted by Gasteiger charge is 2.35. The molecule has 1 aromatic heterocycles. The van der Waals surface area contributed by atoms with Crippen LogP contribution in [0.15, 0.2) is 98.9 Å². The van der Waals surface area contributed by atoms with E-state index in [0.717, 1.165) is 11.8 Å². The Labute approximate surface area is 227 Å². The zero-order valence-electron chi connectivity index (χ0n) is 21.0. The van der Waals surface area contributed by atoms with Crippen LogP contribution in [0.3, 0.4) is 0 Å². The van der Waals surface area contributed by atoms with Crippen molar-refractivity contribution in [2.75, 3.05) is 24.9 Å². The van der Waals surface area contributed by atoms with Crippen LogP contribution in [0.2, 0.25) is 0 Å². The Hall–Kier alpha value is -4.90. The fourth-order valence-electron chi connectivity index (χ4n) is 4.04. The van der Waals surface area contributed by atoms with Gasteiger partial charge in [0.15, 0.2) is 16.7 Å². The van der Waals surface area contributed by atoms with Crippen molar-refractivity contribution in [3.8, 4) is 17.2 Å². The fourth-order valence-corrected chi connectivity index (χ4v) is 4.92. The molecule has 1 aliphatic heterocycles. The third-order valence-corrected chi connectivity index (χ3v) is 6.77. The van der Waals surface area contributed by atoms with Crippen molar-refractivity contribution in [2.45, 2.75) is 0 Å². The number of carbonyl (C=O) groups is 2. The Morgan fingerprint density at radius 1 is 1.00 bits per heavy atom. The number of H-pyrrole nitrogens is 1. The largest absolute Gasteiger partial charge is 0.493 e. The molecule has 3 aromatic carbocycles. The van der Waals surface area contributed by atoms with E-state index >= 15 is 0 Å². The summed E-state index contributed by atoms with van der Waals surface area (Å²) in [5.41, 5.74) is 0.950. The van der Waals surface area contributed by atoms with E-state index < -0.39 is 11.4 Å². The van der Waals surface area contributed by atoms with Crippen molar-refractivity contribution in [1.29, 1.82) is 0 Å². The van der Waals surface area contributed by atoms with Gasteiger partial charge in [-0.05, 0) is 34.2 Å². The minimum absolute atomic E-state index is 0.154. The molecule has 39 heavy (non-hydrogen) atoms. The van der Waals surface area contributed by atoms with E-state index in [2.05, 4.69) is 10.3 Å². The molecule has 0 aliphatic carbocycles. The monoisotopic (exact) mass is 543 g/mol. The van der Waals surface area contributed by atoms with Gasteiger partial charge in [0.05, 0.1) is 25.7 Å². The third-order valence-electron chi connectivity index (χ3n) is 5.83. The lowest BCUT2D eigenvalue weighted by atomic mass is 10.1. The molecule has 5 rings (SSSR count). The molecule has 1 amide bonds. The maximum Gasteiger partial charge on any atom is 0.438 e. The van der Waals surface area contributed by atoms with Crippen LogP contribution in [-0.2, 0) is 4.79 Å². The topological polar surface area (TPSA) is 118 Å². The standard InChI is InChI=1S/C28H22N4O6S/c1-36-23-15-9-10-18(25(23)37-2)16-21-26(34)31(19-11-5-3-6-12-19)28(29-21)39-17-22(33)24-27(35)38-30-32(24)20-13-7-4-8-14-20/h3-16H,17H2,1-2H3/p+1/b21-16+. The normalized spacial score (nSPS) is 14.0. The van der Waals surface area contributed by atoms with Gasteiger partial charge in [-0.15, -0.1) is 0 Å². The number of Topliss-reactive ketones (excluding diaryl/α,β-unsaturated/α-hetero) is 1. The first-order chi connectivity index (χ1) is 19.0. The number of rotatable bonds is 8. The third kappa shape index (κ3) is 5.12. The zero-order chi connectivity index (χ0) is 27.4. The molecule has 0 bridgehead atoms. The van der Waals surface area contributed by atoms with E-state index in [0.29, 0.717) is 33.6 Å². The smallest absolute Gasteiger partial charge is 0.438 e. The molecule has 0 atom stereocenters. The van der Waals surface area contributed by atoms with Crippen LogP contribution >= 0.6 is 11.8 Å². The predicted octanol–water partition coefficient (Wildman–Crippen LogP) is 3.62. The van der Waals surface area contributed by atoms with Crippen LogP contribution in [0, 0.1) is 0 Å². The Morgan fingerprint density at radius 3 is 2.41 bits per heavy atom. The van der Waals surface area contributed by atoms with Crippen molar-refractivity contribution < 1.29 is 28.3 Å². The van der Waals surface area contributed by atoms with E-state index in [1.165, 1.54) is 23.8 Å². The molecular formula is C28H23N4O6S+. The zero-order valence-corrected chi connectivity index (χ0v) is 21.8. The van der Waals surface area contributed by atoms with Crippen molar-refractivity contribution >= 4 is 40.4 Å². The van der Waals surface area contributed by atoms with Gasteiger partial charge >= 0.3 is 11.3 Å². The van der Waals surface area contributed by atoms with Crippen LogP contribution in [0.5, 0.6) is 11.5 Å². The second-order valence-corrected chi connectivity index (χ2v) is 9.14. The van der Waals surface area contributed by atoms with E-state index in [9.17, 15) is 14.4 Å². The number of hydrogen-bond donors (Lipinski definition) is 1. The number of benzene rings is 3. The summed E-state index contributed by atoms with van der Waals surface area (Å²) in [6, 6.07) is 23.1. The lowest BCUT2D eigenvalue weighted by Gasteiger charge is -2.17. The van der Waals surface area contributed by atoms with E-state index in [-0.39, 0.29) is 23.1 Å². The number of thioether (sulfide) groups is 1. The summed E-state index contributed by atoms with van der Waals surface area (Å²) in [5.74, 6) is -0.0581. The number of amidine groups is 1. The summed E-state index contributed by atoms with van der Waals surface area (Å²) < 4.78 is 17.1. The molecule has 0 spiro atoms. The summed E-state index contributed by atoms with van der Waals surface area (Å²) in [5, 5.41) is 2.76. The maximum atomic E-state index is 13.5. The van der Waals surface area contributed by atoms with Crippen molar-refractivity contribution in [3.63, 3.8) is 0 Å². The van der Waals surface area contributed by atoms with E-state index in [1.54, 1.807) is 72.8 Å². The fraction of sp³-hybridized carbons (Fsp3) is 0.107. The Bertz CT molecular complexity index is 1640. The number of aromatic amines is 1. The molecule has 1 aliphatic rings. The number of para-hydroxylation sites is 3. The molecule has 10 nitrogen and oxygen atoms in total. The van der Waals surface area contributed by atoms with Crippen LogP contribution in [0.25, 0.3) is 11.8 Å². The lowest BCUT2D eigenvalue weighted by molar-refractivity contribution is -0.672. The van der Waals surface area contributed by atoms with Gasteiger partial charge in [-0.25, -0.2) is 9.79 Å². The van der Waals surface area contributed by atoms with Crippen LogP contribution in [0.4, 0.5) is 5.69 Å². The van der Waals surface area contributed by atoms with Gasteiger partial charge in [0.2, 0.25) is 11.5 Å². The molecule has 2 heterocycles. The first kappa shape index (κ1) is 25.7. The van der Waals surface area contributed by atoms with Crippen molar-refractivity contribution in [1.82, 2.24) is 5.27 Å². The first-order valence-corrected chi connectivity index (χ1v) is 12.8. The molecule has 4 aromatic rings. The van der Waals surface area contributed by atoms with Gasteiger partial charge in [0.1, 0.15) is 5.70 Å². The summed E-state index contributed by atoms with van der Waals surface area (Å²) in [4.78, 5) is 45.1. The summed E-state index contributed by atoms with van der Waals surface area (Å²) in [7, 11) is 3.05. The number of ketones is 1. The van der Waals surface area contributed by atoms with Gasteiger partial charge in [-0.3, -0.25) is 19.0 Å². The number of ether oxygens (including phenoxy) is 2. The average molecular weight is 544 g/mol. The highest BCUT2D eigenvalue weighted by molar-refractivity contribution is 8.14. The molecule has 1 N–H and O–H groups in total. The van der Waals surface area contributed by atoms with Gasteiger partial charge in [-0.1, -0.05) is 60.3 Å². The maximum absolute atomic E-state index is 13.5. The molecule has 0 unspecified atom stereocenters. The van der Waals surface area contributed by atoms with Gasteiger partial charge in [0.25, 0.3) is 5.91 Å². The molecule has 11 heteroatoms. The number of methoxy groups -OCH3 is 2. The Morgan fingerprint density at radius 2 is 1.72 bits per heavy atom. The Kier molecular flexibility index (Phi) is 7.41. The van der Waals surface area contributed by atoms with Crippen molar-refractivity contribution in [3.05, 3.63) is 106 Å². The molecule has 0 radical (unpaired) electrons. The second-order valence-electron chi connectivity index (χ2n) is 8.20. The number of aromatic nitrogens is 2. The molecule has 0 saturated heterocycles. The minimum atomic E-state index is -0.792. The summed E-state index contributed by atoms with van der Waals surface area (Å²) >= 11 is 1.04. The SMILES string of the molecule is COc1cccc(/C=C2/N=C(SCC(=O)c3c(=O)o[nH][n+]3-c3ccccc3)N(c3ccccc3)C2=O)c1OC. The van der Waals surface area contributed by atoms with Gasteiger partial charge < -0.3 is 9.47 Å². The number of amides is 1. The average Bonchev–Trinajstić information content (AvgIpc) is 3.51. The molecule has 0 saturated carbocycles. The number of aliphatic imine (C=N–C) groups is 1. The predicted molar refractivity (Wildman–Crippen MR) is 147 cm³/mol. The van der Waals surface area contributed by atoms with Gasteiger partial charge in [-0.2, -0.15) is 0 Å².